The summed E-state index contributed by atoms with van der Waals surface area (Å²) < 4.78 is 68.3. The van der Waals surface area contributed by atoms with Crippen LogP contribution in [0.3, 0.4) is 0 Å². The molecule has 0 saturated heterocycles. The predicted molar refractivity (Wildman–Crippen MR) is 74.4 cm³/mol. The Hall–Kier alpha value is -2.28. The van der Waals surface area contributed by atoms with Gasteiger partial charge in [-0.2, -0.15) is 16.8 Å². The van der Waals surface area contributed by atoms with Crippen LogP contribution < -0.4 is 14.1 Å². The lowest BCUT2D eigenvalue weighted by Gasteiger charge is -2.11. The van der Waals surface area contributed by atoms with Gasteiger partial charge in [0.2, 0.25) is 0 Å². The largest absolute Gasteiger partial charge is 0.503 e. The fourth-order valence-corrected chi connectivity index (χ4v) is 2.43. The Morgan fingerprint density at radius 2 is 1.55 bits per heavy atom. The van der Waals surface area contributed by atoms with Gasteiger partial charge < -0.3 is 19.2 Å². The zero-order valence-electron chi connectivity index (χ0n) is 10.5. The Balaban J connectivity index is 2.63. The van der Waals surface area contributed by atoms with Crippen molar-refractivity contribution in [3.63, 3.8) is 0 Å². The molecule has 0 spiro atoms. The Labute approximate surface area is 124 Å². The molecule has 120 valence electrons. The third kappa shape index (κ3) is 3.67. The van der Waals surface area contributed by atoms with Crippen molar-refractivity contribution >= 4 is 37.3 Å². The van der Waals surface area contributed by atoms with Gasteiger partial charge in [-0.3, -0.25) is 9.11 Å². The number of hydrogen-bond donors (Lipinski definition) is 4. The maximum Gasteiger partial charge on any atom is 0.446 e. The number of phenols is 1. The van der Waals surface area contributed by atoms with Gasteiger partial charge in [-0.15, -0.1) is 0 Å². The molecule has 0 aliphatic carbocycles. The third-order valence-corrected chi connectivity index (χ3v) is 3.28. The summed E-state index contributed by atoms with van der Waals surface area (Å²) in [7, 11) is -9.66. The molecule has 0 saturated carbocycles. The molecule has 0 atom stereocenters. The van der Waals surface area contributed by atoms with Crippen LogP contribution in [0.1, 0.15) is 0 Å². The van der Waals surface area contributed by atoms with Crippen molar-refractivity contribution in [1.82, 2.24) is 0 Å². The molecule has 2 aromatic carbocycles. The molecule has 10 nitrogen and oxygen atoms in total. The molecule has 0 aliphatic rings. The van der Waals surface area contributed by atoms with E-state index in [2.05, 4.69) is 8.37 Å². The summed E-state index contributed by atoms with van der Waals surface area (Å²) in [5, 5.41) is 10.1. The second kappa shape index (κ2) is 5.17. The highest BCUT2D eigenvalue weighted by atomic mass is 32.3. The van der Waals surface area contributed by atoms with E-state index in [0.717, 1.165) is 18.2 Å². The number of anilines is 1. The minimum Gasteiger partial charge on any atom is -0.503 e. The first-order valence-corrected chi connectivity index (χ1v) is 8.08. The summed E-state index contributed by atoms with van der Waals surface area (Å²) in [5.41, 5.74) is 5.33. The number of fused-ring (bicyclic) bond motifs is 1. The molecule has 2 rings (SSSR count). The Morgan fingerprint density at radius 1 is 0.955 bits per heavy atom. The van der Waals surface area contributed by atoms with E-state index in [1.165, 1.54) is 6.07 Å². The summed E-state index contributed by atoms with van der Waals surface area (Å²) in [6.45, 7) is 0. The first-order valence-electron chi connectivity index (χ1n) is 5.35. The molecule has 0 unspecified atom stereocenters. The molecular formula is C10H9NO9S2. The van der Waals surface area contributed by atoms with Crippen LogP contribution in [0.25, 0.3) is 10.8 Å². The molecule has 0 bridgehead atoms. The van der Waals surface area contributed by atoms with Crippen LogP contribution in [-0.2, 0) is 20.8 Å². The number of hydrogen-bond acceptors (Lipinski definition) is 8. The Bertz CT molecular complexity index is 950. The zero-order valence-corrected chi connectivity index (χ0v) is 12.1. The minimum absolute atomic E-state index is 0.120. The van der Waals surface area contributed by atoms with Crippen LogP contribution in [0.5, 0.6) is 17.2 Å². The number of nitrogens with two attached hydrogens (primary N) is 1. The SMILES string of the molecule is Nc1c(O)c(OS(=O)(=O)O)cc2cc(OS(=O)(=O)O)ccc12. The average molecular weight is 351 g/mol. The van der Waals surface area contributed by atoms with Crippen molar-refractivity contribution in [3.8, 4) is 17.2 Å². The van der Waals surface area contributed by atoms with Crippen LogP contribution in [0.15, 0.2) is 24.3 Å². The average Bonchev–Trinajstić information content (AvgIpc) is 2.31. The highest BCUT2D eigenvalue weighted by Crippen LogP contribution is 2.40. The molecule has 0 heterocycles. The van der Waals surface area contributed by atoms with E-state index in [-0.39, 0.29) is 22.2 Å². The second-order valence-electron chi connectivity index (χ2n) is 4.04. The van der Waals surface area contributed by atoms with Crippen LogP contribution in [0.2, 0.25) is 0 Å². The second-order valence-corrected chi connectivity index (χ2v) is 6.09. The maximum atomic E-state index is 10.7. The van der Waals surface area contributed by atoms with Crippen LogP contribution in [0.4, 0.5) is 5.69 Å². The normalized spacial score (nSPS) is 12.3. The smallest absolute Gasteiger partial charge is 0.446 e. The molecule has 0 radical (unpaired) electrons. The summed E-state index contributed by atoms with van der Waals surface area (Å²) in [6, 6.07) is 4.48. The fraction of sp³-hybridized carbons (Fsp3) is 0. The van der Waals surface area contributed by atoms with Crippen LogP contribution >= 0.6 is 0 Å². The van der Waals surface area contributed by atoms with Gasteiger partial charge in [0, 0.05) is 5.39 Å². The number of rotatable bonds is 4. The quantitative estimate of drug-likeness (QED) is 0.345. The van der Waals surface area contributed by atoms with Gasteiger partial charge in [0.15, 0.2) is 11.5 Å². The molecule has 2 aromatic rings. The third-order valence-electron chi connectivity index (χ3n) is 2.48. The van der Waals surface area contributed by atoms with Crippen molar-refractivity contribution in [1.29, 1.82) is 0 Å². The molecule has 12 heteroatoms. The lowest BCUT2D eigenvalue weighted by atomic mass is 10.1. The van der Waals surface area contributed by atoms with Crippen molar-refractivity contribution in [2.75, 3.05) is 5.73 Å². The Morgan fingerprint density at radius 3 is 2.09 bits per heavy atom. The number of nitrogen functional groups attached to an aromatic ring is 1. The number of aromatic hydroxyl groups is 1. The topological polar surface area (TPSA) is 173 Å². The zero-order chi connectivity index (χ0) is 16.7. The van der Waals surface area contributed by atoms with Gasteiger partial charge in [-0.1, -0.05) is 0 Å². The van der Waals surface area contributed by atoms with Crippen LogP contribution in [-0.4, -0.2) is 31.0 Å². The highest BCUT2D eigenvalue weighted by Gasteiger charge is 2.17. The van der Waals surface area contributed by atoms with Crippen molar-refractivity contribution < 1.29 is 39.4 Å². The van der Waals surface area contributed by atoms with Crippen molar-refractivity contribution in [2.24, 2.45) is 0 Å². The van der Waals surface area contributed by atoms with E-state index < -0.39 is 32.3 Å². The van der Waals surface area contributed by atoms with Gasteiger partial charge in [0.1, 0.15) is 5.75 Å². The standard InChI is InChI=1S/C10H9NO9S2/c11-9-7-2-1-6(19-21(13,14)15)3-5(7)4-8(10(9)12)20-22(16,17)18/h1-4,12H,11H2,(H,13,14,15)(H,16,17,18). The molecule has 0 amide bonds. The van der Waals surface area contributed by atoms with E-state index in [0.29, 0.717) is 0 Å². The van der Waals surface area contributed by atoms with E-state index in [1.54, 1.807) is 0 Å². The van der Waals surface area contributed by atoms with Gasteiger partial charge in [-0.05, 0) is 29.7 Å². The molecule has 0 aliphatic heterocycles. The molecule has 22 heavy (non-hydrogen) atoms. The lowest BCUT2D eigenvalue weighted by Crippen LogP contribution is -2.08. The van der Waals surface area contributed by atoms with E-state index in [1.807, 2.05) is 0 Å². The van der Waals surface area contributed by atoms with Gasteiger partial charge in [-0.25, -0.2) is 0 Å². The lowest BCUT2D eigenvalue weighted by molar-refractivity contribution is 0.372. The summed E-state index contributed by atoms with van der Waals surface area (Å²) >= 11 is 0. The van der Waals surface area contributed by atoms with Crippen LogP contribution in [0, 0.1) is 0 Å². The molecule has 0 fully saturated rings. The fourth-order valence-electron chi connectivity index (χ4n) is 1.73. The molecule has 0 aromatic heterocycles. The number of benzene rings is 2. The van der Waals surface area contributed by atoms with Crippen molar-refractivity contribution in [2.45, 2.75) is 0 Å². The summed E-state index contributed by atoms with van der Waals surface area (Å²) in [5.74, 6) is -1.69. The monoisotopic (exact) mass is 351 g/mol. The van der Waals surface area contributed by atoms with Gasteiger partial charge >= 0.3 is 20.8 Å². The summed E-state index contributed by atoms with van der Waals surface area (Å²) in [4.78, 5) is 0. The van der Waals surface area contributed by atoms with Gasteiger partial charge in [0.05, 0.1) is 5.69 Å². The summed E-state index contributed by atoms with van der Waals surface area (Å²) in [6.07, 6.45) is 0. The highest BCUT2D eigenvalue weighted by molar-refractivity contribution is 7.81. The predicted octanol–water partition coefficient (Wildman–Crippen LogP) is 0.491. The molecular weight excluding hydrogens is 342 g/mol. The Kier molecular flexibility index (Phi) is 3.78. The van der Waals surface area contributed by atoms with E-state index >= 15 is 0 Å². The van der Waals surface area contributed by atoms with Gasteiger partial charge in [0.25, 0.3) is 0 Å². The minimum atomic E-state index is -4.91. The molecule has 5 N–H and O–H groups in total. The van der Waals surface area contributed by atoms with Crippen molar-refractivity contribution in [3.05, 3.63) is 24.3 Å². The number of phenolic OH excluding ortho intramolecular Hbond substituents is 1. The maximum absolute atomic E-state index is 10.7. The first-order chi connectivity index (χ1) is 9.96. The first kappa shape index (κ1) is 16.1. The van der Waals surface area contributed by atoms with E-state index in [4.69, 9.17) is 14.8 Å². The van der Waals surface area contributed by atoms with E-state index in [9.17, 15) is 21.9 Å².